The number of anilines is 2. The second-order valence-electron chi connectivity index (χ2n) is 6.86. The quantitative estimate of drug-likeness (QED) is 0.893. The zero-order valence-electron chi connectivity index (χ0n) is 14.2. The highest BCUT2D eigenvalue weighted by Crippen LogP contribution is 2.24. The maximum atomic E-state index is 12.1. The lowest BCUT2D eigenvalue weighted by molar-refractivity contribution is -0.115. The number of amides is 1. The van der Waals surface area contributed by atoms with E-state index in [4.69, 9.17) is 0 Å². The number of rotatable bonds is 4. The van der Waals surface area contributed by atoms with Crippen molar-refractivity contribution in [2.24, 2.45) is 0 Å². The van der Waals surface area contributed by atoms with E-state index in [2.05, 4.69) is 25.5 Å². The molecule has 0 saturated carbocycles. The highest BCUT2D eigenvalue weighted by Gasteiger charge is 2.29. The normalized spacial score (nSPS) is 22.5. The monoisotopic (exact) mass is 337 g/mol. The van der Waals surface area contributed by atoms with Crippen LogP contribution in [-0.4, -0.2) is 41.0 Å². The number of hydrogen-bond donors (Lipinski definition) is 2. The molecule has 2 bridgehead atoms. The van der Waals surface area contributed by atoms with Gasteiger partial charge in [-0.1, -0.05) is 6.07 Å². The van der Waals surface area contributed by atoms with Gasteiger partial charge in [0.2, 0.25) is 5.91 Å². The van der Waals surface area contributed by atoms with Crippen LogP contribution in [0.1, 0.15) is 24.8 Å². The highest BCUT2D eigenvalue weighted by molar-refractivity contribution is 5.91. The number of nitrogens with zero attached hydrogens (tertiary/aromatic N) is 3. The highest BCUT2D eigenvalue weighted by atomic mass is 16.1. The molecular weight excluding hydrogens is 314 g/mol. The molecule has 2 aliphatic rings. The molecule has 0 spiro atoms. The van der Waals surface area contributed by atoms with Gasteiger partial charge in [-0.2, -0.15) is 0 Å². The molecule has 4 heterocycles. The van der Waals surface area contributed by atoms with Crippen molar-refractivity contribution in [1.82, 2.24) is 15.3 Å². The minimum atomic E-state index is -0.0791. The maximum Gasteiger partial charge on any atom is 0.230 e. The predicted octanol–water partition coefficient (Wildman–Crippen LogP) is 1.99. The van der Waals surface area contributed by atoms with E-state index in [1.807, 2.05) is 30.5 Å². The molecular formula is C19H23N5O. The number of fused-ring (bicyclic) bond motifs is 2. The maximum absolute atomic E-state index is 12.1. The summed E-state index contributed by atoms with van der Waals surface area (Å²) in [5.74, 6) is 0.511. The average Bonchev–Trinajstić information content (AvgIpc) is 2.95. The summed E-state index contributed by atoms with van der Waals surface area (Å²) in [5, 5.41) is 6.54. The first-order valence-electron chi connectivity index (χ1n) is 8.92. The Morgan fingerprint density at radius 1 is 1.20 bits per heavy atom. The molecule has 6 heteroatoms. The molecule has 2 aromatic heterocycles. The van der Waals surface area contributed by atoms with E-state index in [0.717, 1.165) is 24.3 Å². The van der Waals surface area contributed by atoms with Crippen LogP contribution in [-0.2, 0) is 11.2 Å². The molecule has 2 aliphatic heterocycles. The lowest BCUT2D eigenvalue weighted by Crippen LogP contribution is -2.35. The van der Waals surface area contributed by atoms with Crippen LogP contribution in [0.4, 0.5) is 11.5 Å². The van der Waals surface area contributed by atoms with Gasteiger partial charge in [0, 0.05) is 37.6 Å². The molecule has 2 aromatic rings. The molecule has 0 aromatic carbocycles. The fraction of sp³-hybridized carbons (Fsp3) is 0.421. The molecule has 1 amide bonds. The fourth-order valence-corrected chi connectivity index (χ4v) is 3.70. The molecule has 0 aliphatic carbocycles. The third-order valence-corrected chi connectivity index (χ3v) is 4.99. The van der Waals surface area contributed by atoms with Gasteiger partial charge in [0.1, 0.15) is 5.82 Å². The SMILES string of the molecule is O=C(Cc1cccnc1)Nc1ccc(N2CCC3CCC(C2)N3)cn1. The van der Waals surface area contributed by atoms with Crippen LogP contribution < -0.4 is 15.5 Å². The van der Waals surface area contributed by atoms with E-state index in [1.54, 1.807) is 12.4 Å². The third kappa shape index (κ3) is 3.96. The van der Waals surface area contributed by atoms with Crippen molar-refractivity contribution in [2.45, 2.75) is 37.8 Å². The molecule has 2 atom stereocenters. The molecule has 0 radical (unpaired) electrons. The van der Waals surface area contributed by atoms with Gasteiger partial charge >= 0.3 is 0 Å². The van der Waals surface area contributed by atoms with Crippen molar-refractivity contribution in [1.29, 1.82) is 0 Å². The molecule has 2 N–H and O–H groups in total. The van der Waals surface area contributed by atoms with Gasteiger partial charge in [0.25, 0.3) is 0 Å². The number of hydrogen-bond acceptors (Lipinski definition) is 5. The van der Waals surface area contributed by atoms with Crippen LogP contribution in [0, 0.1) is 0 Å². The van der Waals surface area contributed by atoms with Gasteiger partial charge in [0.05, 0.1) is 18.3 Å². The minimum absolute atomic E-state index is 0.0791. The first kappa shape index (κ1) is 16.0. The van der Waals surface area contributed by atoms with Crippen LogP contribution in [0.25, 0.3) is 0 Å². The van der Waals surface area contributed by atoms with Gasteiger partial charge in [-0.15, -0.1) is 0 Å². The zero-order chi connectivity index (χ0) is 17.1. The zero-order valence-corrected chi connectivity index (χ0v) is 14.2. The van der Waals surface area contributed by atoms with Crippen LogP contribution >= 0.6 is 0 Å². The number of carbonyl (C=O) groups is 1. The smallest absolute Gasteiger partial charge is 0.230 e. The Kier molecular flexibility index (Phi) is 4.61. The molecule has 2 saturated heterocycles. The Bertz CT molecular complexity index is 718. The first-order chi connectivity index (χ1) is 12.3. The van der Waals surface area contributed by atoms with E-state index >= 15 is 0 Å². The Morgan fingerprint density at radius 3 is 2.92 bits per heavy atom. The predicted molar refractivity (Wildman–Crippen MR) is 97.6 cm³/mol. The van der Waals surface area contributed by atoms with E-state index < -0.39 is 0 Å². The van der Waals surface area contributed by atoms with Gasteiger partial charge in [-0.3, -0.25) is 9.78 Å². The van der Waals surface area contributed by atoms with Crippen molar-refractivity contribution in [3.63, 3.8) is 0 Å². The Labute approximate surface area is 147 Å². The van der Waals surface area contributed by atoms with Crippen LogP contribution in [0.3, 0.4) is 0 Å². The minimum Gasteiger partial charge on any atom is -0.369 e. The lowest BCUT2D eigenvalue weighted by Gasteiger charge is -2.26. The summed E-state index contributed by atoms with van der Waals surface area (Å²) in [5.41, 5.74) is 2.02. The van der Waals surface area contributed by atoms with Crippen molar-refractivity contribution in [2.75, 3.05) is 23.3 Å². The first-order valence-corrected chi connectivity index (χ1v) is 8.92. The molecule has 25 heavy (non-hydrogen) atoms. The van der Waals surface area contributed by atoms with Crippen LogP contribution in [0.15, 0.2) is 42.9 Å². The molecule has 130 valence electrons. The second kappa shape index (κ2) is 7.19. The van der Waals surface area contributed by atoms with Crippen molar-refractivity contribution in [3.8, 4) is 0 Å². The summed E-state index contributed by atoms with van der Waals surface area (Å²) in [6.07, 6.45) is 9.32. The molecule has 2 fully saturated rings. The fourth-order valence-electron chi connectivity index (χ4n) is 3.70. The van der Waals surface area contributed by atoms with E-state index in [1.165, 1.54) is 19.3 Å². The lowest BCUT2D eigenvalue weighted by atomic mass is 10.1. The van der Waals surface area contributed by atoms with Crippen molar-refractivity contribution in [3.05, 3.63) is 48.4 Å². The van der Waals surface area contributed by atoms with Crippen LogP contribution in [0.2, 0.25) is 0 Å². The standard InChI is InChI=1S/C19H23N5O/c25-19(10-14-2-1-8-20-11-14)23-18-6-5-17(12-21-18)24-9-7-15-3-4-16(13-24)22-15/h1-2,5-6,8,11-12,15-16,22H,3-4,7,9-10,13H2,(H,21,23,25). The Hall–Kier alpha value is -2.47. The van der Waals surface area contributed by atoms with Crippen molar-refractivity contribution >= 4 is 17.4 Å². The number of pyridine rings is 2. The topological polar surface area (TPSA) is 70.2 Å². The Morgan fingerprint density at radius 2 is 2.12 bits per heavy atom. The average molecular weight is 337 g/mol. The molecule has 6 nitrogen and oxygen atoms in total. The summed E-state index contributed by atoms with van der Waals surface area (Å²) < 4.78 is 0. The summed E-state index contributed by atoms with van der Waals surface area (Å²) in [6.45, 7) is 2.09. The van der Waals surface area contributed by atoms with Gasteiger partial charge < -0.3 is 15.5 Å². The van der Waals surface area contributed by atoms with Crippen molar-refractivity contribution < 1.29 is 4.79 Å². The summed E-state index contributed by atoms with van der Waals surface area (Å²) in [4.78, 5) is 22.9. The van der Waals surface area contributed by atoms with E-state index in [9.17, 15) is 4.79 Å². The van der Waals surface area contributed by atoms with Gasteiger partial charge in [-0.25, -0.2) is 4.98 Å². The number of carbonyl (C=O) groups excluding carboxylic acids is 1. The summed E-state index contributed by atoms with van der Waals surface area (Å²) >= 11 is 0. The van der Waals surface area contributed by atoms with Crippen LogP contribution in [0.5, 0.6) is 0 Å². The summed E-state index contributed by atoms with van der Waals surface area (Å²) in [7, 11) is 0. The second-order valence-corrected chi connectivity index (χ2v) is 6.86. The molecule has 4 rings (SSSR count). The number of nitrogens with one attached hydrogen (secondary N) is 2. The van der Waals surface area contributed by atoms with Gasteiger partial charge in [-0.05, 0) is 43.0 Å². The van der Waals surface area contributed by atoms with E-state index in [-0.39, 0.29) is 5.91 Å². The third-order valence-electron chi connectivity index (χ3n) is 4.99. The summed E-state index contributed by atoms with van der Waals surface area (Å²) in [6, 6.07) is 8.92. The van der Waals surface area contributed by atoms with E-state index in [0.29, 0.717) is 24.3 Å². The molecule has 2 unspecified atom stereocenters. The largest absolute Gasteiger partial charge is 0.369 e. The van der Waals surface area contributed by atoms with Gasteiger partial charge in [0.15, 0.2) is 0 Å². The Balaban J connectivity index is 1.36. The number of aromatic nitrogens is 2.